The van der Waals surface area contributed by atoms with Crippen LogP contribution in [0.25, 0.3) is 0 Å². The number of rotatable bonds is 12. The van der Waals surface area contributed by atoms with Crippen molar-refractivity contribution < 1.29 is 120 Å². The molecule has 0 aliphatic carbocycles. The minimum Gasteiger partial charge on any atom is -0.726 e. The molecule has 0 aliphatic heterocycles. The van der Waals surface area contributed by atoms with Crippen molar-refractivity contribution in [1.82, 2.24) is 0 Å². The van der Waals surface area contributed by atoms with E-state index in [4.69, 9.17) is 13.7 Å². The van der Waals surface area contributed by atoms with Crippen molar-refractivity contribution in [3.8, 4) is 0 Å². The van der Waals surface area contributed by atoms with E-state index in [-0.39, 0.29) is 51.4 Å². The molecule has 21 heteroatoms. The molecule has 152 valence electrons. The van der Waals surface area contributed by atoms with E-state index in [0.717, 1.165) is 0 Å². The summed E-state index contributed by atoms with van der Waals surface area (Å²) in [5, 5.41) is 0. The van der Waals surface area contributed by atoms with Gasteiger partial charge in [-0.05, 0) is 0 Å². The van der Waals surface area contributed by atoms with Gasteiger partial charge in [-0.3, -0.25) is 17.8 Å². The topological polar surface area (TPSA) is 257 Å². The van der Waals surface area contributed by atoms with Gasteiger partial charge in [0.05, 0.1) is 31.8 Å². The summed E-state index contributed by atoms with van der Waals surface area (Å²) in [4.78, 5) is 0. The summed E-state index contributed by atoms with van der Waals surface area (Å²) >= 11 is 0. The van der Waals surface area contributed by atoms with Crippen molar-refractivity contribution in [3.05, 3.63) is 0 Å². The molecule has 0 spiro atoms. The molecule has 16 nitrogen and oxygen atoms in total. The summed E-state index contributed by atoms with van der Waals surface area (Å²) in [7, 11) is -21.2. The Kier molecular flexibility index (Phi) is 12.1. The monoisotopic (exact) mass is 494 g/mol. The summed E-state index contributed by atoms with van der Waals surface area (Å²) in [5.74, 6) is 0. The molecule has 0 aliphatic rings. The van der Waals surface area contributed by atoms with Crippen LogP contribution in [0, 0.1) is 5.41 Å². The van der Waals surface area contributed by atoms with E-state index in [1.165, 1.54) is 0 Å². The first-order valence-electron chi connectivity index (χ1n) is 5.28. The Morgan fingerprint density at radius 3 is 1.04 bits per heavy atom. The summed E-state index contributed by atoms with van der Waals surface area (Å²) in [6, 6.07) is 0. The third-order valence-electron chi connectivity index (χ3n) is 2.05. The van der Waals surface area contributed by atoms with Crippen molar-refractivity contribution in [2.75, 3.05) is 26.4 Å². The van der Waals surface area contributed by atoms with E-state index >= 15 is 0 Å². The molecule has 0 rings (SSSR count). The molecular weight excluding hydrogens is 483 g/mol. The Morgan fingerprint density at radius 1 is 0.615 bits per heavy atom. The van der Waals surface area contributed by atoms with Crippen LogP contribution in [0.2, 0.25) is 0 Å². The fourth-order valence-electron chi connectivity index (χ4n) is 1.05. The van der Waals surface area contributed by atoms with Gasteiger partial charge in [0.15, 0.2) is 0 Å². The SMILES string of the molecule is O=S(=O)([O-])OCC(COS(=O)(=O)O)(COS(=O)(=O)O)COS(=O)(=O)O.[K+]. The van der Waals surface area contributed by atoms with Crippen LogP contribution < -0.4 is 51.4 Å². The number of hydrogen-bond acceptors (Lipinski definition) is 13. The third kappa shape index (κ3) is 17.2. The fourth-order valence-corrected chi connectivity index (χ4v) is 2.64. The Morgan fingerprint density at radius 2 is 0.846 bits per heavy atom. The van der Waals surface area contributed by atoms with Gasteiger partial charge in [-0.25, -0.2) is 21.0 Å². The van der Waals surface area contributed by atoms with Crippen LogP contribution >= 0.6 is 0 Å². The van der Waals surface area contributed by atoms with Crippen LogP contribution in [0.5, 0.6) is 0 Å². The molecule has 0 radical (unpaired) electrons. The van der Waals surface area contributed by atoms with Gasteiger partial charge in [-0.2, -0.15) is 25.3 Å². The van der Waals surface area contributed by atoms with Crippen molar-refractivity contribution in [2.45, 2.75) is 0 Å². The van der Waals surface area contributed by atoms with Crippen LogP contribution in [0.3, 0.4) is 0 Å². The van der Waals surface area contributed by atoms with Crippen molar-refractivity contribution in [2.24, 2.45) is 5.41 Å². The van der Waals surface area contributed by atoms with Crippen LogP contribution in [-0.4, -0.2) is 78.3 Å². The van der Waals surface area contributed by atoms with Gasteiger partial charge in [-0.1, -0.05) is 0 Å². The van der Waals surface area contributed by atoms with E-state index in [1.54, 1.807) is 0 Å². The number of hydrogen-bond donors (Lipinski definition) is 3. The largest absolute Gasteiger partial charge is 1.00 e. The van der Waals surface area contributed by atoms with Crippen LogP contribution in [0.4, 0.5) is 0 Å². The van der Waals surface area contributed by atoms with Crippen LogP contribution in [0.15, 0.2) is 0 Å². The van der Waals surface area contributed by atoms with Gasteiger partial charge >= 0.3 is 82.6 Å². The zero-order valence-electron chi connectivity index (χ0n) is 12.6. The van der Waals surface area contributed by atoms with Crippen LogP contribution in [0.1, 0.15) is 0 Å². The minimum atomic E-state index is -5.47. The van der Waals surface area contributed by atoms with E-state index in [9.17, 15) is 38.2 Å². The second kappa shape index (κ2) is 10.8. The van der Waals surface area contributed by atoms with Crippen LogP contribution in [-0.2, 0) is 58.3 Å². The maximum atomic E-state index is 10.6. The van der Waals surface area contributed by atoms with E-state index in [0.29, 0.717) is 0 Å². The van der Waals surface area contributed by atoms with Gasteiger partial charge in [0.1, 0.15) is 0 Å². The Hall–Kier alpha value is 1.12. The summed E-state index contributed by atoms with van der Waals surface area (Å²) < 4.78 is 136. The molecule has 26 heavy (non-hydrogen) atoms. The average Bonchev–Trinajstić information content (AvgIpc) is 2.33. The Bertz CT molecular complexity index is 702. The molecule has 0 saturated carbocycles. The average molecular weight is 494 g/mol. The van der Waals surface area contributed by atoms with E-state index < -0.39 is 73.4 Å². The molecule has 0 bridgehead atoms. The van der Waals surface area contributed by atoms with Crippen molar-refractivity contribution in [1.29, 1.82) is 0 Å². The summed E-state index contributed by atoms with van der Waals surface area (Å²) in [6.07, 6.45) is 0. The second-order valence-corrected chi connectivity index (χ2v) is 8.57. The molecule has 0 aromatic rings. The van der Waals surface area contributed by atoms with Crippen molar-refractivity contribution >= 4 is 41.6 Å². The first-order chi connectivity index (χ1) is 10.8. The fraction of sp³-hybridized carbons (Fsp3) is 1.00. The zero-order chi connectivity index (χ0) is 20.2. The van der Waals surface area contributed by atoms with E-state index in [2.05, 4.69) is 16.7 Å². The first kappa shape index (κ1) is 29.3. The first-order valence-corrected chi connectivity index (χ1v) is 10.7. The van der Waals surface area contributed by atoms with Gasteiger partial charge in [0.2, 0.25) is 10.4 Å². The van der Waals surface area contributed by atoms with Gasteiger partial charge in [0, 0.05) is 0 Å². The Labute approximate surface area is 191 Å². The third-order valence-corrected chi connectivity index (χ3v) is 3.71. The predicted octanol–water partition coefficient (Wildman–Crippen LogP) is -6.09. The van der Waals surface area contributed by atoms with Gasteiger partial charge in [0.25, 0.3) is 0 Å². The molecule has 3 N–H and O–H groups in total. The van der Waals surface area contributed by atoms with E-state index in [1.807, 2.05) is 0 Å². The molecule has 0 heterocycles. The van der Waals surface area contributed by atoms with Gasteiger partial charge < -0.3 is 4.55 Å². The minimum absolute atomic E-state index is 0. The van der Waals surface area contributed by atoms with Crippen molar-refractivity contribution in [3.63, 3.8) is 0 Å². The maximum Gasteiger partial charge on any atom is 1.00 e. The molecule has 0 saturated heterocycles. The molecule has 0 aromatic carbocycles. The Balaban J connectivity index is 0. The molecule has 0 atom stereocenters. The predicted molar refractivity (Wildman–Crippen MR) is 70.6 cm³/mol. The standard InChI is InChI=1S/C5H12O16S4.K/c6-22(7,8)18-1-5(2-19-23(9,10)11,3-20-24(12,13)14)4-21-25(15,16)17;/h1-4H2,(H,6,7,8)(H,9,10,11)(H,12,13,14)(H,15,16,17);/q;+1/p-1. The molecule has 0 amide bonds. The molecule has 0 unspecified atom stereocenters. The molecule has 0 aromatic heterocycles. The zero-order valence-corrected chi connectivity index (χ0v) is 19.0. The smallest absolute Gasteiger partial charge is 0.726 e. The molecule has 0 fully saturated rings. The maximum absolute atomic E-state index is 10.6. The second-order valence-electron chi connectivity index (χ2n) is 4.24. The molecular formula is C5H11KO16S4. The quantitative estimate of drug-likeness (QED) is 0.129. The summed E-state index contributed by atoms with van der Waals surface area (Å²) in [5.41, 5.74) is -2.56. The summed E-state index contributed by atoms with van der Waals surface area (Å²) in [6.45, 7) is -5.90. The van der Waals surface area contributed by atoms with Gasteiger partial charge in [-0.15, -0.1) is 0 Å². The normalized spacial score (nSPS) is 14.0.